The van der Waals surface area contributed by atoms with E-state index in [-0.39, 0.29) is 35.6 Å². The standard InChI is InChI=1S/C24H30O5.C2H6/c1-14-11-20-18-6-5-16-12-17(26)7-9-22(16,3)19(18)8-10-23(20,4)24(14,28)21(27)13-29-15(2)25;1-2/h7-9,12,14,18,20,28H,5-6,10-11,13H2,1-4H3;1-2H3/t14-,18?,20?,22?,23?,24+;/m1./s1. The van der Waals surface area contributed by atoms with Gasteiger partial charge in [-0.25, -0.2) is 0 Å². The lowest BCUT2D eigenvalue weighted by Crippen LogP contribution is -2.57. The molecule has 5 heteroatoms. The Bertz CT molecular complexity index is 880. The van der Waals surface area contributed by atoms with Crippen molar-refractivity contribution in [1.29, 1.82) is 0 Å². The van der Waals surface area contributed by atoms with E-state index < -0.39 is 22.8 Å². The predicted octanol–water partition coefficient (Wildman–Crippen LogP) is 4.35. The van der Waals surface area contributed by atoms with E-state index in [1.165, 1.54) is 18.1 Å². The van der Waals surface area contributed by atoms with E-state index in [0.29, 0.717) is 6.42 Å². The number of hydrogen-bond donors (Lipinski definition) is 1. The summed E-state index contributed by atoms with van der Waals surface area (Å²) in [4.78, 5) is 36.1. The van der Waals surface area contributed by atoms with E-state index in [1.807, 2.05) is 33.8 Å². The van der Waals surface area contributed by atoms with Crippen LogP contribution < -0.4 is 0 Å². The van der Waals surface area contributed by atoms with E-state index in [4.69, 9.17) is 4.74 Å². The number of allylic oxidation sites excluding steroid dienone is 6. The van der Waals surface area contributed by atoms with Crippen LogP contribution in [0.4, 0.5) is 0 Å². The molecule has 0 radical (unpaired) electrons. The lowest BCUT2D eigenvalue weighted by molar-refractivity contribution is -0.167. The number of rotatable bonds is 3. The summed E-state index contributed by atoms with van der Waals surface area (Å²) in [5.74, 6) is -0.621. The van der Waals surface area contributed by atoms with Gasteiger partial charge in [0.05, 0.1) is 0 Å². The fraction of sp³-hybridized carbons (Fsp3) is 0.654. The van der Waals surface area contributed by atoms with Gasteiger partial charge in [0.25, 0.3) is 0 Å². The van der Waals surface area contributed by atoms with Crippen LogP contribution in [0.2, 0.25) is 0 Å². The van der Waals surface area contributed by atoms with E-state index >= 15 is 0 Å². The second-order valence-corrected chi connectivity index (χ2v) is 9.75. The van der Waals surface area contributed by atoms with Gasteiger partial charge in [0.1, 0.15) is 5.60 Å². The number of ether oxygens (including phenoxy) is 1. The van der Waals surface area contributed by atoms with Gasteiger partial charge in [0, 0.05) is 17.8 Å². The van der Waals surface area contributed by atoms with Crippen molar-refractivity contribution in [2.75, 3.05) is 6.61 Å². The van der Waals surface area contributed by atoms with Crippen LogP contribution in [0.1, 0.15) is 67.2 Å². The molecular formula is C26H36O5. The van der Waals surface area contributed by atoms with Gasteiger partial charge in [-0.3, -0.25) is 14.4 Å². The molecule has 170 valence electrons. The molecule has 0 amide bonds. The summed E-state index contributed by atoms with van der Waals surface area (Å²) >= 11 is 0. The fourth-order valence-corrected chi connectivity index (χ4v) is 6.74. The molecular weight excluding hydrogens is 392 g/mol. The summed E-state index contributed by atoms with van der Waals surface area (Å²) < 4.78 is 4.95. The highest BCUT2D eigenvalue weighted by molar-refractivity contribution is 6.01. The Labute approximate surface area is 185 Å². The van der Waals surface area contributed by atoms with E-state index in [1.54, 1.807) is 12.2 Å². The van der Waals surface area contributed by atoms with Gasteiger partial charge < -0.3 is 9.84 Å². The fourth-order valence-electron chi connectivity index (χ4n) is 6.74. The third-order valence-corrected chi connectivity index (χ3v) is 8.36. The van der Waals surface area contributed by atoms with Crippen molar-refractivity contribution in [3.63, 3.8) is 0 Å². The number of esters is 1. The molecule has 0 saturated heterocycles. The molecule has 4 unspecified atom stereocenters. The Morgan fingerprint density at radius 2 is 1.94 bits per heavy atom. The van der Waals surface area contributed by atoms with Crippen LogP contribution >= 0.6 is 0 Å². The summed E-state index contributed by atoms with van der Waals surface area (Å²) in [6.07, 6.45) is 10.8. The summed E-state index contributed by atoms with van der Waals surface area (Å²) in [7, 11) is 0. The molecule has 4 rings (SSSR count). The molecule has 0 aromatic rings. The average Bonchev–Trinajstić information content (AvgIpc) is 2.95. The second kappa shape index (κ2) is 8.16. The molecule has 0 aromatic heterocycles. The van der Waals surface area contributed by atoms with Gasteiger partial charge >= 0.3 is 5.97 Å². The number of fused-ring (bicyclic) bond motifs is 5. The molecule has 4 aliphatic rings. The predicted molar refractivity (Wildman–Crippen MR) is 119 cm³/mol. The SMILES string of the molecule is CC.CC(=O)OCC(=O)[C@@]1(O)[C@H](C)CC2C3CCC4=CC(=O)C=CC4(C)C3=CCC21C. The zero-order chi connectivity index (χ0) is 23.2. The Morgan fingerprint density at radius 1 is 1.26 bits per heavy atom. The van der Waals surface area contributed by atoms with Gasteiger partial charge in [0.2, 0.25) is 5.78 Å². The van der Waals surface area contributed by atoms with Crippen LogP contribution in [0.3, 0.4) is 0 Å². The third kappa shape index (κ3) is 3.36. The minimum Gasteiger partial charge on any atom is -0.458 e. The largest absolute Gasteiger partial charge is 0.458 e. The van der Waals surface area contributed by atoms with Crippen molar-refractivity contribution in [3.8, 4) is 0 Å². The molecule has 0 aliphatic heterocycles. The molecule has 5 nitrogen and oxygen atoms in total. The van der Waals surface area contributed by atoms with E-state index in [2.05, 4.69) is 13.0 Å². The highest BCUT2D eigenvalue weighted by Crippen LogP contribution is 2.66. The number of carbonyl (C=O) groups excluding carboxylic acids is 3. The molecule has 31 heavy (non-hydrogen) atoms. The molecule has 2 fully saturated rings. The highest BCUT2D eigenvalue weighted by atomic mass is 16.5. The van der Waals surface area contributed by atoms with Gasteiger partial charge in [-0.05, 0) is 62.5 Å². The molecule has 2 saturated carbocycles. The molecule has 0 aromatic carbocycles. The third-order valence-electron chi connectivity index (χ3n) is 8.36. The van der Waals surface area contributed by atoms with Crippen molar-refractivity contribution in [1.82, 2.24) is 0 Å². The average molecular weight is 429 g/mol. The first-order valence-corrected chi connectivity index (χ1v) is 11.6. The monoisotopic (exact) mass is 428 g/mol. The minimum atomic E-state index is -1.51. The van der Waals surface area contributed by atoms with Crippen LogP contribution in [0, 0.1) is 28.6 Å². The molecule has 4 aliphatic carbocycles. The van der Waals surface area contributed by atoms with Crippen molar-refractivity contribution in [2.24, 2.45) is 28.6 Å². The smallest absolute Gasteiger partial charge is 0.303 e. The Kier molecular flexibility index (Phi) is 6.22. The topological polar surface area (TPSA) is 80.7 Å². The maximum absolute atomic E-state index is 13.0. The van der Waals surface area contributed by atoms with Crippen molar-refractivity contribution < 1.29 is 24.2 Å². The van der Waals surface area contributed by atoms with Crippen LogP contribution in [0.5, 0.6) is 0 Å². The molecule has 1 N–H and O–H groups in total. The summed E-state index contributed by atoms with van der Waals surface area (Å²) in [5.41, 5.74) is 0.145. The first-order chi connectivity index (χ1) is 14.5. The van der Waals surface area contributed by atoms with Crippen LogP contribution in [-0.4, -0.2) is 34.9 Å². The second-order valence-electron chi connectivity index (χ2n) is 9.75. The Hall–Kier alpha value is -2.01. The number of Topliss-reactive ketones (excluding diaryl/α,β-unsaturated/α-hetero) is 1. The minimum absolute atomic E-state index is 0.0529. The molecule has 0 spiro atoms. The number of hydrogen-bond acceptors (Lipinski definition) is 5. The van der Waals surface area contributed by atoms with Crippen LogP contribution in [-0.2, 0) is 19.1 Å². The van der Waals surface area contributed by atoms with Gasteiger partial charge in [0.15, 0.2) is 12.4 Å². The van der Waals surface area contributed by atoms with Gasteiger partial charge in [-0.2, -0.15) is 0 Å². The lowest BCUT2D eigenvalue weighted by atomic mass is 9.51. The first kappa shape index (κ1) is 23.6. The number of carbonyl (C=O) groups is 3. The first-order valence-electron chi connectivity index (χ1n) is 11.6. The molecule has 0 heterocycles. The van der Waals surface area contributed by atoms with E-state index in [9.17, 15) is 19.5 Å². The normalized spacial score (nSPS) is 40.4. The zero-order valence-corrected chi connectivity index (χ0v) is 19.7. The maximum Gasteiger partial charge on any atom is 0.303 e. The summed E-state index contributed by atoms with van der Waals surface area (Å²) in [6, 6.07) is 0. The van der Waals surface area contributed by atoms with E-state index in [0.717, 1.165) is 19.3 Å². The number of ketones is 2. The Morgan fingerprint density at radius 3 is 2.58 bits per heavy atom. The van der Waals surface area contributed by atoms with Crippen LogP contribution in [0.15, 0.2) is 35.5 Å². The quantitative estimate of drug-likeness (QED) is 0.534. The summed E-state index contributed by atoms with van der Waals surface area (Å²) in [5, 5.41) is 11.7. The summed E-state index contributed by atoms with van der Waals surface area (Å²) in [6.45, 7) is 11.0. The maximum atomic E-state index is 13.0. The highest BCUT2D eigenvalue weighted by Gasteiger charge is 2.67. The zero-order valence-electron chi connectivity index (χ0n) is 19.7. The lowest BCUT2D eigenvalue weighted by Gasteiger charge is -2.53. The molecule has 0 bridgehead atoms. The van der Waals surface area contributed by atoms with Crippen molar-refractivity contribution >= 4 is 17.5 Å². The van der Waals surface area contributed by atoms with Gasteiger partial charge in [-0.1, -0.05) is 51.0 Å². The van der Waals surface area contributed by atoms with Crippen molar-refractivity contribution in [2.45, 2.75) is 72.8 Å². The van der Waals surface area contributed by atoms with Crippen molar-refractivity contribution in [3.05, 3.63) is 35.5 Å². The van der Waals surface area contributed by atoms with Crippen LogP contribution in [0.25, 0.3) is 0 Å². The number of aliphatic hydroxyl groups is 1. The van der Waals surface area contributed by atoms with Gasteiger partial charge in [-0.15, -0.1) is 0 Å². The Balaban J connectivity index is 0.00000132. The molecule has 6 atom stereocenters.